The number of aromatic nitrogens is 3. The summed E-state index contributed by atoms with van der Waals surface area (Å²) >= 11 is 0. The quantitative estimate of drug-likeness (QED) is 0.114. The second-order valence-electron chi connectivity index (χ2n) is 14.2. The van der Waals surface area contributed by atoms with E-state index in [1.54, 1.807) is 92.7 Å². The van der Waals surface area contributed by atoms with Crippen molar-refractivity contribution in [3.8, 4) is 39.8 Å². The van der Waals surface area contributed by atoms with Crippen molar-refractivity contribution in [2.24, 2.45) is 0 Å². The van der Waals surface area contributed by atoms with Crippen LogP contribution in [0.3, 0.4) is 0 Å². The number of hydrogen-bond donors (Lipinski definition) is 0. The molecule has 0 aliphatic rings. The SMILES string of the molecule is [2H]c1cc2c(oc3c(-c4ccc(C([2H])([2H])C(C)(C)c5cc(C([2H])([2H])C([2H])([2H])c6ccc(-c7[c-]cccc7)nc6)cc(C([2H])([2H])C([2H])([2H])c6ccc(-c7[c-]cccc7)nc6)c5)cn4)[c-]ccc32)c([2H])c1C#N.[Ir+3]. The average molecular weight is 966 g/mol. The number of fused-ring (bicyclic) bond motifs is 3. The molecule has 0 spiro atoms. The molecule has 0 unspecified atom stereocenters. The molecule has 6 heteroatoms. The van der Waals surface area contributed by atoms with Crippen molar-refractivity contribution in [1.29, 1.82) is 5.26 Å². The number of nitriles is 1. The van der Waals surface area contributed by atoms with Crippen molar-refractivity contribution in [3.63, 3.8) is 0 Å². The van der Waals surface area contributed by atoms with E-state index >= 15 is 0 Å². The van der Waals surface area contributed by atoms with E-state index in [1.807, 2.05) is 6.07 Å². The first kappa shape index (κ1) is 28.0. The first-order chi connectivity index (χ1) is 33.5. The van der Waals surface area contributed by atoms with Crippen molar-refractivity contribution in [2.75, 3.05) is 0 Å². The minimum Gasteiger partial charge on any atom is -0.501 e. The predicted octanol–water partition coefficient (Wildman–Crippen LogP) is 12.1. The van der Waals surface area contributed by atoms with E-state index < -0.39 is 37.3 Å². The summed E-state index contributed by atoms with van der Waals surface area (Å²) in [7, 11) is 0. The molecular weight excluding hydrogens is 913 g/mol. The first-order valence-corrected chi connectivity index (χ1v) is 18.8. The molecule has 4 heterocycles. The van der Waals surface area contributed by atoms with Gasteiger partial charge >= 0.3 is 20.1 Å². The van der Waals surface area contributed by atoms with Crippen molar-refractivity contribution in [2.45, 2.75) is 51.1 Å². The molecule has 0 radical (unpaired) electrons. The molecule has 5 aromatic carbocycles. The summed E-state index contributed by atoms with van der Waals surface area (Å²) in [6, 6.07) is 42.5. The van der Waals surface area contributed by atoms with Gasteiger partial charge < -0.3 is 19.4 Å². The van der Waals surface area contributed by atoms with Crippen molar-refractivity contribution >= 4 is 21.9 Å². The molecule has 0 bridgehead atoms. The maximum atomic E-state index is 9.70. The van der Waals surface area contributed by atoms with E-state index in [0.717, 1.165) is 6.07 Å². The summed E-state index contributed by atoms with van der Waals surface area (Å²) in [6.07, 6.45) is -10.1. The van der Waals surface area contributed by atoms with Gasteiger partial charge in [0, 0.05) is 37.7 Å². The number of pyridine rings is 3. The Morgan fingerprint density at radius 2 is 1.23 bits per heavy atom. The second kappa shape index (κ2) is 17.8. The van der Waals surface area contributed by atoms with E-state index in [9.17, 15) is 19.0 Å². The van der Waals surface area contributed by atoms with Gasteiger partial charge in [-0.25, -0.2) is 0 Å². The monoisotopic (exact) mass is 966 g/mol. The van der Waals surface area contributed by atoms with Gasteiger partial charge in [-0.2, -0.15) is 5.26 Å². The molecule has 0 N–H and O–H groups in total. The molecule has 9 aromatic rings. The van der Waals surface area contributed by atoms with Crippen LogP contribution in [-0.4, -0.2) is 15.0 Å². The summed E-state index contributed by atoms with van der Waals surface area (Å²) in [4.78, 5) is 13.4. The number of benzene rings is 5. The molecule has 0 fully saturated rings. The molecule has 0 aliphatic carbocycles. The maximum Gasteiger partial charge on any atom is 3.00 e. The van der Waals surface area contributed by atoms with Gasteiger partial charge in [-0.3, -0.25) is 0 Å². The summed E-state index contributed by atoms with van der Waals surface area (Å²) in [5.41, 5.74) is 0.687. The van der Waals surface area contributed by atoms with Crippen LogP contribution in [0, 0.1) is 29.5 Å². The van der Waals surface area contributed by atoms with E-state index in [-0.39, 0.29) is 76.7 Å². The number of aryl methyl sites for hydroxylation is 4. The van der Waals surface area contributed by atoms with Crippen LogP contribution in [-0.2, 0) is 57.4 Å². The van der Waals surface area contributed by atoms with Gasteiger partial charge in [0.2, 0.25) is 0 Å². The van der Waals surface area contributed by atoms with Crippen molar-refractivity contribution < 1.29 is 41.0 Å². The molecule has 0 saturated heterocycles. The van der Waals surface area contributed by atoms with Gasteiger partial charge in [0.15, 0.2) is 0 Å². The van der Waals surface area contributed by atoms with Crippen LogP contribution < -0.4 is 0 Å². The fraction of sp³-hybridized carbons (Fsp3) is 0.148. The normalized spacial score (nSPS) is 15.5. The maximum absolute atomic E-state index is 9.70. The molecule has 0 aliphatic heterocycles. The summed E-state index contributed by atoms with van der Waals surface area (Å²) < 4.78 is 117. The van der Waals surface area contributed by atoms with Gasteiger partial charge in [0.1, 0.15) is 5.58 Å². The van der Waals surface area contributed by atoms with Crippen LogP contribution in [0.15, 0.2) is 156 Å². The Bertz CT molecular complexity index is 3380. The van der Waals surface area contributed by atoms with Crippen LogP contribution in [0.5, 0.6) is 0 Å². The number of rotatable bonds is 12. The molecule has 0 amide bonds. The third-order valence-corrected chi connectivity index (χ3v) is 9.73. The van der Waals surface area contributed by atoms with Gasteiger partial charge in [-0.15, -0.1) is 90.0 Å². The van der Waals surface area contributed by atoms with E-state index in [0.29, 0.717) is 50.1 Å². The van der Waals surface area contributed by atoms with Crippen LogP contribution in [0.4, 0.5) is 0 Å². The van der Waals surface area contributed by atoms with E-state index in [4.69, 9.17) is 7.16 Å². The minimum atomic E-state index is -2.95. The molecule has 9 rings (SSSR count). The Balaban J connectivity index is 0.00000693. The zero-order chi connectivity index (χ0) is 50.9. The Labute approximate surface area is 382 Å². The summed E-state index contributed by atoms with van der Waals surface area (Å²) in [5, 5.41) is 10.6. The second-order valence-corrected chi connectivity index (χ2v) is 14.2. The van der Waals surface area contributed by atoms with Crippen LogP contribution >= 0.6 is 0 Å². The molecule has 0 atom stereocenters. The predicted molar refractivity (Wildman–Crippen MR) is 236 cm³/mol. The van der Waals surface area contributed by atoms with Gasteiger partial charge in [0.25, 0.3) is 0 Å². The van der Waals surface area contributed by atoms with E-state index in [2.05, 4.69) is 33.2 Å². The van der Waals surface area contributed by atoms with Gasteiger partial charge in [0.05, 0.1) is 20.0 Å². The first-order valence-electron chi connectivity index (χ1n) is 24.8. The minimum absolute atomic E-state index is 0. The summed E-state index contributed by atoms with van der Waals surface area (Å²) in [6.45, 7) is 3.09. The Morgan fingerprint density at radius 1 is 0.650 bits per heavy atom. The van der Waals surface area contributed by atoms with E-state index in [1.165, 1.54) is 55.0 Å². The largest absolute Gasteiger partial charge is 3.00 e. The number of furan rings is 1. The molecular formula is C54H41IrN4O. The number of hydrogen-bond acceptors (Lipinski definition) is 5. The van der Waals surface area contributed by atoms with Crippen LogP contribution in [0.1, 0.15) is 69.2 Å². The Morgan fingerprint density at radius 3 is 1.78 bits per heavy atom. The molecule has 292 valence electrons. The third kappa shape index (κ3) is 8.89. The summed E-state index contributed by atoms with van der Waals surface area (Å²) in [5.74, 6) is 0. The van der Waals surface area contributed by atoms with Gasteiger partial charge in [-0.1, -0.05) is 85.5 Å². The van der Waals surface area contributed by atoms with Gasteiger partial charge in [-0.05, 0) is 99.8 Å². The fourth-order valence-electron chi connectivity index (χ4n) is 6.69. The van der Waals surface area contributed by atoms with Crippen molar-refractivity contribution in [3.05, 3.63) is 209 Å². The standard InChI is InChI=1S/C54H41N4O.Ir/c1-54(2,32-42-23-27-51(58-36-42)48-15-9-14-47-46-24-20-41(33-55)31-52(46)59-53(47)48)45-29-39(18-16-37-21-25-49(56-34-37)43-10-5-3-6-11-43)28-40(30-45)19-17-38-22-26-50(57-35-38)44-12-7-4-8-13-44;/h3-10,12,14,20-31,34-36H,16-19,32H2,1-2H3;/q-3;+3/i16D2,17D2,18D2,19D2,20D,31D,32D2;. The Hall–Kier alpha value is -6.51. The molecule has 0 saturated carbocycles. The van der Waals surface area contributed by atoms with Crippen LogP contribution in [0.25, 0.3) is 55.7 Å². The van der Waals surface area contributed by atoms with Crippen molar-refractivity contribution in [1.82, 2.24) is 15.0 Å². The fourth-order valence-corrected chi connectivity index (χ4v) is 6.69. The smallest absolute Gasteiger partial charge is 0.501 e. The zero-order valence-corrected chi connectivity index (χ0v) is 34.7. The third-order valence-electron chi connectivity index (χ3n) is 9.73. The van der Waals surface area contributed by atoms with Crippen LogP contribution in [0.2, 0.25) is 0 Å². The average Bonchev–Trinajstić information content (AvgIpc) is 3.75. The topological polar surface area (TPSA) is 75.6 Å². The molecule has 4 aromatic heterocycles. The zero-order valence-electron chi connectivity index (χ0n) is 44.3. The Kier molecular flexibility index (Phi) is 8.31. The molecule has 5 nitrogen and oxygen atoms in total. The molecule has 60 heavy (non-hydrogen) atoms. The number of nitrogens with zero attached hydrogens (tertiary/aromatic N) is 4.